The molecule has 2 aromatic heterocycles. The third-order valence-corrected chi connectivity index (χ3v) is 5.59. The van der Waals surface area contributed by atoms with Crippen molar-refractivity contribution in [3.63, 3.8) is 0 Å². The number of aromatic nitrogens is 2. The summed E-state index contributed by atoms with van der Waals surface area (Å²) in [4.78, 5) is 33.8. The monoisotopic (exact) mass is 464 g/mol. The van der Waals surface area contributed by atoms with Crippen LogP contribution >= 0.6 is 11.6 Å². The number of hydrogen-bond donors (Lipinski definition) is 1. The van der Waals surface area contributed by atoms with E-state index in [9.17, 15) is 14.0 Å². The highest BCUT2D eigenvalue weighted by Crippen LogP contribution is 2.35. The predicted molar refractivity (Wildman–Crippen MR) is 127 cm³/mol. The Morgan fingerprint density at radius 1 is 1.21 bits per heavy atom. The second-order valence-electron chi connectivity index (χ2n) is 7.88. The Morgan fingerprint density at radius 2 is 2.03 bits per heavy atom. The molecule has 1 aromatic carbocycles. The molecule has 8 heteroatoms. The maximum absolute atomic E-state index is 13.5. The summed E-state index contributed by atoms with van der Waals surface area (Å²) < 4.78 is 13.5. The van der Waals surface area contributed by atoms with Crippen LogP contribution in [0.5, 0.6) is 0 Å². The molecular formula is C25H22ClFN4O2. The summed E-state index contributed by atoms with van der Waals surface area (Å²) in [6.07, 6.45) is 7.74. The van der Waals surface area contributed by atoms with Gasteiger partial charge in [-0.25, -0.2) is 4.98 Å². The Hall–Kier alpha value is -3.58. The highest BCUT2D eigenvalue weighted by atomic mass is 35.5. The lowest BCUT2D eigenvalue weighted by Crippen LogP contribution is -2.30. The second kappa shape index (κ2) is 9.92. The number of pyridine rings is 2. The number of carbonyl (C=O) groups excluding carboxylic acids is 2. The number of carbonyl (C=O) groups is 2. The zero-order chi connectivity index (χ0) is 23.4. The highest BCUT2D eigenvalue weighted by molar-refractivity contribution is 6.34. The molecule has 1 aliphatic rings. The minimum atomic E-state index is -0.642. The average Bonchev–Trinajstić information content (AvgIpc) is 3.62. The van der Waals surface area contributed by atoms with E-state index in [4.69, 9.17) is 11.6 Å². The van der Waals surface area contributed by atoms with Crippen LogP contribution in [0.15, 0.2) is 60.9 Å². The Kier molecular flexibility index (Phi) is 6.79. The molecule has 1 aliphatic carbocycles. The summed E-state index contributed by atoms with van der Waals surface area (Å²) >= 11 is 6.50. The number of nitrogens with zero attached hydrogens (tertiary/aromatic N) is 3. The largest absolute Gasteiger partial charge is 0.321 e. The average molecular weight is 465 g/mol. The van der Waals surface area contributed by atoms with Crippen molar-refractivity contribution in [1.82, 2.24) is 9.97 Å². The molecule has 2 amide bonds. The first-order valence-corrected chi connectivity index (χ1v) is 10.9. The van der Waals surface area contributed by atoms with Gasteiger partial charge in [-0.05, 0) is 61.2 Å². The van der Waals surface area contributed by atoms with Crippen molar-refractivity contribution >= 4 is 40.9 Å². The van der Waals surface area contributed by atoms with Crippen LogP contribution < -0.4 is 10.2 Å². The zero-order valence-electron chi connectivity index (χ0n) is 18.0. The van der Waals surface area contributed by atoms with Crippen LogP contribution in [-0.4, -0.2) is 28.3 Å². The fourth-order valence-corrected chi connectivity index (χ4v) is 3.63. The van der Waals surface area contributed by atoms with Crippen LogP contribution in [0.4, 0.5) is 15.8 Å². The van der Waals surface area contributed by atoms with Gasteiger partial charge in [0.1, 0.15) is 0 Å². The van der Waals surface area contributed by atoms with E-state index in [1.54, 1.807) is 36.1 Å². The van der Waals surface area contributed by atoms with Gasteiger partial charge in [-0.15, -0.1) is 0 Å². The molecule has 0 saturated heterocycles. The zero-order valence-corrected chi connectivity index (χ0v) is 18.7. The van der Waals surface area contributed by atoms with E-state index in [1.807, 2.05) is 12.1 Å². The van der Waals surface area contributed by atoms with E-state index < -0.39 is 11.9 Å². The molecule has 0 radical (unpaired) electrons. The Morgan fingerprint density at radius 3 is 2.67 bits per heavy atom. The Labute approximate surface area is 196 Å². The molecule has 0 spiro atoms. The van der Waals surface area contributed by atoms with Crippen LogP contribution in [0.3, 0.4) is 0 Å². The van der Waals surface area contributed by atoms with Crippen molar-refractivity contribution in [2.45, 2.75) is 19.8 Å². The number of anilines is 2. The fourth-order valence-electron chi connectivity index (χ4n) is 3.35. The molecule has 0 aliphatic heterocycles. The SMILES string of the molecule is CC(=O)N(CC1CC1)c1ccc(-c2ccc(NC(=O)/C=C/c3cccnc3F)cn2)cc1Cl. The second-order valence-corrected chi connectivity index (χ2v) is 8.28. The smallest absolute Gasteiger partial charge is 0.248 e. The van der Waals surface area contributed by atoms with E-state index in [0.29, 0.717) is 34.6 Å². The third-order valence-electron chi connectivity index (χ3n) is 5.29. The normalized spacial score (nSPS) is 13.2. The lowest BCUT2D eigenvalue weighted by molar-refractivity contribution is -0.116. The minimum Gasteiger partial charge on any atom is -0.321 e. The number of halogens is 2. The summed E-state index contributed by atoms with van der Waals surface area (Å²) in [5, 5.41) is 3.16. The van der Waals surface area contributed by atoms with Gasteiger partial charge in [0, 0.05) is 36.9 Å². The molecular weight excluding hydrogens is 443 g/mol. The standard InChI is InChI=1S/C25H22ClFN4O2/c1-16(32)31(15-17-4-5-17)23-10-6-19(13-21(23)26)22-9-8-20(14-29-22)30-24(33)11-7-18-3-2-12-28-25(18)27/h2-3,6-14,17H,4-5,15H2,1H3,(H,30,33)/b11-7+. The summed E-state index contributed by atoms with van der Waals surface area (Å²) in [7, 11) is 0. The first kappa shape index (κ1) is 22.6. The van der Waals surface area contributed by atoms with Gasteiger partial charge in [0.15, 0.2) is 0 Å². The van der Waals surface area contributed by atoms with Gasteiger partial charge in [0.05, 0.1) is 28.3 Å². The van der Waals surface area contributed by atoms with E-state index in [2.05, 4.69) is 15.3 Å². The van der Waals surface area contributed by atoms with Crippen molar-refractivity contribution in [1.29, 1.82) is 0 Å². The van der Waals surface area contributed by atoms with Gasteiger partial charge in [0.25, 0.3) is 0 Å². The Balaban J connectivity index is 1.43. The van der Waals surface area contributed by atoms with Gasteiger partial charge in [-0.1, -0.05) is 17.7 Å². The van der Waals surface area contributed by atoms with E-state index >= 15 is 0 Å². The van der Waals surface area contributed by atoms with Gasteiger partial charge in [-0.2, -0.15) is 4.39 Å². The molecule has 0 atom stereocenters. The minimum absolute atomic E-state index is 0.0323. The van der Waals surface area contributed by atoms with Crippen molar-refractivity contribution in [3.05, 3.63) is 77.5 Å². The third kappa shape index (κ3) is 5.81. The number of nitrogens with one attached hydrogen (secondary N) is 1. The first-order chi connectivity index (χ1) is 15.9. The quantitative estimate of drug-likeness (QED) is 0.377. The molecule has 1 N–H and O–H groups in total. The molecule has 0 bridgehead atoms. The summed E-state index contributed by atoms with van der Waals surface area (Å²) in [6.45, 7) is 2.23. The number of rotatable bonds is 7. The first-order valence-electron chi connectivity index (χ1n) is 10.5. The van der Waals surface area contributed by atoms with Crippen LogP contribution in [0.1, 0.15) is 25.3 Å². The number of hydrogen-bond acceptors (Lipinski definition) is 4. The van der Waals surface area contributed by atoms with Gasteiger partial charge >= 0.3 is 0 Å². The van der Waals surface area contributed by atoms with Crippen LogP contribution in [0, 0.1) is 11.9 Å². The van der Waals surface area contributed by atoms with Gasteiger partial charge in [0.2, 0.25) is 17.8 Å². The number of amides is 2. The van der Waals surface area contributed by atoms with Crippen LogP contribution in [-0.2, 0) is 9.59 Å². The molecule has 2 heterocycles. The van der Waals surface area contributed by atoms with Crippen molar-refractivity contribution in [2.24, 2.45) is 5.92 Å². The van der Waals surface area contributed by atoms with Gasteiger partial charge < -0.3 is 10.2 Å². The molecule has 33 heavy (non-hydrogen) atoms. The van der Waals surface area contributed by atoms with E-state index in [0.717, 1.165) is 18.4 Å². The highest BCUT2D eigenvalue weighted by Gasteiger charge is 2.27. The van der Waals surface area contributed by atoms with Crippen molar-refractivity contribution < 1.29 is 14.0 Å². The van der Waals surface area contributed by atoms with Crippen molar-refractivity contribution in [3.8, 4) is 11.3 Å². The molecule has 168 valence electrons. The van der Waals surface area contributed by atoms with Crippen molar-refractivity contribution in [2.75, 3.05) is 16.8 Å². The summed E-state index contributed by atoms with van der Waals surface area (Å²) in [5.41, 5.74) is 2.88. The lowest BCUT2D eigenvalue weighted by atomic mass is 10.1. The topological polar surface area (TPSA) is 75.2 Å². The maximum atomic E-state index is 13.5. The Bertz CT molecular complexity index is 1210. The summed E-state index contributed by atoms with van der Waals surface area (Å²) in [5.74, 6) is -0.543. The summed E-state index contributed by atoms with van der Waals surface area (Å²) in [6, 6.07) is 12.1. The maximum Gasteiger partial charge on any atom is 0.248 e. The fraction of sp³-hybridized carbons (Fsp3) is 0.200. The van der Waals surface area contributed by atoms with Crippen LogP contribution in [0.25, 0.3) is 17.3 Å². The van der Waals surface area contributed by atoms with Crippen LogP contribution in [0.2, 0.25) is 5.02 Å². The predicted octanol–water partition coefficient (Wildman–Crippen LogP) is 5.35. The number of benzene rings is 1. The molecule has 1 fully saturated rings. The molecule has 4 rings (SSSR count). The van der Waals surface area contributed by atoms with E-state index in [1.165, 1.54) is 30.6 Å². The van der Waals surface area contributed by atoms with E-state index in [-0.39, 0.29) is 11.5 Å². The van der Waals surface area contributed by atoms with Gasteiger partial charge in [-0.3, -0.25) is 14.6 Å². The lowest BCUT2D eigenvalue weighted by Gasteiger charge is -2.22. The molecule has 3 aromatic rings. The molecule has 1 saturated carbocycles. The molecule has 6 nitrogen and oxygen atoms in total. The molecule has 0 unspecified atom stereocenters.